The molecule has 0 fully saturated rings. The number of carbonyl (C=O) groups is 1. The smallest absolute Gasteiger partial charge is 0.226 e. The number of nitrogens with zero attached hydrogens (tertiary/aromatic N) is 1. The maximum Gasteiger partial charge on any atom is 0.226 e. The van der Waals surface area contributed by atoms with Crippen LogP contribution in [0.1, 0.15) is 39.2 Å². The van der Waals surface area contributed by atoms with Gasteiger partial charge in [0, 0.05) is 17.4 Å². The molecule has 0 aliphatic rings. The van der Waals surface area contributed by atoms with Gasteiger partial charge in [-0.25, -0.2) is 4.98 Å². The third kappa shape index (κ3) is 6.31. The van der Waals surface area contributed by atoms with E-state index in [-0.39, 0.29) is 11.3 Å². The minimum absolute atomic E-state index is 0.0772. The third-order valence-electron chi connectivity index (χ3n) is 4.74. The van der Waals surface area contributed by atoms with E-state index in [9.17, 15) is 4.79 Å². The van der Waals surface area contributed by atoms with Crippen molar-refractivity contribution in [2.45, 2.75) is 39.0 Å². The van der Waals surface area contributed by atoms with Crippen molar-refractivity contribution < 1.29 is 14.3 Å². The van der Waals surface area contributed by atoms with E-state index in [1.165, 1.54) is 16.9 Å². The van der Waals surface area contributed by atoms with Crippen LogP contribution in [0, 0.1) is 0 Å². The first-order chi connectivity index (χ1) is 14.8. The molecule has 0 aliphatic carbocycles. The highest BCUT2D eigenvalue weighted by Gasteiger charge is 2.15. The Labute approximate surface area is 195 Å². The molecule has 1 amide bonds. The van der Waals surface area contributed by atoms with Gasteiger partial charge < -0.3 is 14.8 Å². The van der Waals surface area contributed by atoms with Crippen LogP contribution >= 0.6 is 27.3 Å². The number of amides is 1. The highest BCUT2D eigenvalue weighted by atomic mass is 79.9. The first kappa shape index (κ1) is 23.3. The van der Waals surface area contributed by atoms with Crippen molar-refractivity contribution in [3.63, 3.8) is 0 Å². The average molecular weight is 503 g/mol. The molecule has 7 heteroatoms. The normalized spacial score (nSPS) is 11.3. The van der Waals surface area contributed by atoms with Gasteiger partial charge in [0.2, 0.25) is 5.91 Å². The molecule has 0 atom stereocenters. The number of halogens is 1. The number of carbonyl (C=O) groups excluding carboxylic acids is 1. The predicted molar refractivity (Wildman–Crippen MR) is 130 cm³/mol. The van der Waals surface area contributed by atoms with Crippen LogP contribution in [0.25, 0.3) is 11.3 Å². The molecule has 31 heavy (non-hydrogen) atoms. The molecule has 3 rings (SSSR count). The van der Waals surface area contributed by atoms with Gasteiger partial charge in [-0.15, -0.1) is 11.3 Å². The first-order valence-corrected chi connectivity index (χ1v) is 11.8. The number of thiazole rings is 1. The quantitative estimate of drug-likeness (QED) is 0.349. The molecule has 1 aromatic heterocycles. The molecular weight excluding hydrogens is 476 g/mol. The molecule has 0 saturated heterocycles. The zero-order valence-corrected chi connectivity index (χ0v) is 20.6. The minimum atomic E-state index is -0.0772. The largest absolute Gasteiger partial charge is 0.496 e. The summed E-state index contributed by atoms with van der Waals surface area (Å²) in [4.78, 5) is 16.8. The van der Waals surface area contributed by atoms with Crippen molar-refractivity contribution in [2.75, 3.05) is 19.0 Å². The lowest BCUT2D eigenvalue weighted by Crippen LogP contribution is -2.13. The van der Waals surface area contributed by atoms with E-state index in [1.54, 1.807) is 7.11 Å². The molecule has 0 unspecified atom stereocenters. The van der Waals surface area contributed by atoms with Crippen LogP contribution in [0.15, 0.2) is 52.3 Å². The number of methoxy groups -OCH3 is 1. The van der Waals surface area contributed by atoms with Crippen LogP contribution in [-0.2, 0) is 10.2 Å². The Morgan fingerprint density at radius 1 is 1.16 bits per heavy atom. The van der Waals surface area contributed by atoms with Crippen LogP contribution < -0.4 is 14.8 Å². The van der Waals surface area contributed by atoms with Gasteiger partial charge in [-0.1, -0.05) is 39.0 Å². The van der Waals surface area contributed by atoms with E-state index in [4.69, 9.17) is 9.47 Å². The molecule has 0 aliphatic heterocycles. The van der Waals surface area contributed by atoms with Gasteiger partial charge in [-0.2, -0.15) is 0 Å². The number of rotatable bonds is 8. The van der Waals surface area contributed by atoms with Gasteiger partial charge in [-0.3, -0.25) is 4.79 Å². The Balaban J connectivity index is 1.48. The van der Waals surface area contributed by atoms with E-state index in [1.807, 2.05) is 35.7 Å². The number of ether oxygens (including phenoxy) is 2. The summed E-state index contributed by atoms with van der Waals surface area (Å²) in [5.41, 5.74) is 3.00. The summed E-state index contributed by atoms with van der Waals surface area (Å²) >= 11 is 4.97. The predicted octanol–water partition coefficient (Wildman–Crippen LogP) is 6.68. The molecule has 164 valence electrons. The van der Waals surface area contributed by atoms with Crippen molar-refractivity contribution in [3.05, 3.63) is 57.9 Å². The van der Waals surface area contributed by atoms with E-state index in [0.717, 1.165) is 27.2 Å². The average Bonchev–Trinajstić information content (AvgIpc) is 3.19. The van der Waals surface area contributed by atoms with E-state index in [2.05, 4.69) is 59.1 Å². The number of aromatic nitrogens is 1. The highest BCUT2D eigenvalue weighted by molar-refractivity contribution is 9.10. The van der Waals surface area contributed by atoms with Crippen LogP contribution in [-0.4, -0.2) is 24.6 Å². The maximum atomic E-state index is 12.3. The van der Waals surface area contributed by atoms with Crippen LogP contribution in [0.2, 0.25) is 0 Å². The standard InChI is InChI=1S/C24H27BrN2O3S/c1-24(2,3)16-11-12-21(18(25)14-16)30-13-7-10-22(28)27-23-26-19(15-31-23)17-8-5-6-9-20(17)29-4/h5-6,8-9,11-12,14-15H,7,10,13H2,1-4H3,(H,26,27,28). The monoisotopic (exact) mass is 502 g/mol. The second kappa shape index (κ2) is 10.3. The molecule has 0 radical (unpaired) electrons. The van der Waals surface area contributed by atoms with Crippen LogP contribution in [0.3, 0.4) is 0 Å². The summed E-state index contributed by atoms with van der Waals surface area (Å²) in [6.07, 6.45) is 0.977. The maximum absolute atomic E-state index is 12.3. The van der Waals surface area contributed by atoms with Crippen LogP contribution in [0.5, 0.6) is 11.5 Å². The minimum Gasteiger partial charge on any atom is -0.496 e. The summed E-state index contributed by atoms with van der Waals surface area (Å²) in [5.74, 6) is 1.46. The Kier molecular flexibility index (Phi) is 7.73. The fourth-order valence-electron chi connectivity index (χ4n) is 2.99. The number of hydrogen-bond donors (Lipinski definition) is 1. The lowest BCUT2D eigenvalue weighted by Gasteiger charge is -2.20. The van der Waals surface area contributed by atoms with E-state index < -0.39 is 0 Å². The van der Waals surface area contributed by atoms with Crippen molar-refractivity contribution in [1.29, 1.82) is 0 Å². The second-order valence-corrected chi connectivity index (χ2v) is 9.85. The summed E-state index contributed by atoms with van der Waals surface area (Å²) in [6, 6.07) is 13.8. The summed E-state index contributed by atoms with van der Waals surface area (Å²) in [5, 5.41) is 5.35. The van der Waals surface area contributed by atoms with Crippen molar-refractivity contribution >= 4 is 38.3 Å². The van der Waals surface area contributed by atoms with E-state index >= 15 is 0 Å². The molecule has 0 spiro atoms. The molecule has 1 heterocycles. The zero-order valence-electron chi connectivity index (χ0n) is 18.2. The Morgan fingerprint density at radius 3 is 2.65 bits per heavy atom. The van der Waals surface area contributed by atoms with Crippen molar-refractivity contribution in [3.8, 4) is 22.8 Å². The Morgan fingerprint density at radius 2 is 1.94 bits per heavy atom. The molecule has 0 bridgehead atoms. The fraction of sp³-hybridized carbons (Fsp3) is 0.333. The summed E-state index contributed by atoms with van der Waals surface area (Å²) in [6.45, 7) is 6.99. The SMILES string of the molecule is COc1ccccc1-c1csc(NC(=O)CCCOc2ccc(C(C)(C)C)cc2Br)n1. The van der Waals surface area contributed by atoms with Gasteiger partial charge in [0.25, 0.3) is 0 Å². The third-order valence-corrected chi connectivity index (χ3v) is 6.11. The Bertz CT molecular complexity index is 1040. The number of para-hydroxylation sites is 1. The molecular formula is C24H27BrN2O3S. The Hall–Kier alpha value is -2.38. The zero-order chi connectivity index (χ0) is 22.4. The number of benzene rings is 2. The van der Waals surface area contributed by atoms with Gasteiger partial charge >= 0.3 is 0 Å². The van der Waals surface area contributed by atoms with Gasteiger partial charge in [0.1, 0.15) is 11.5 Å². The lowest BCUT2D eigenvalue weighted by atomic mass is 9.87. The van der Waals surface area contributed by atoms with Gasteiger partial charge in [-0.05, 0) is 57.6 Å². The van der Waals surface area contributed by atoms with Crippen molar-refractivity contribution in [1.82, 2.24) is 4.98 Å². The topological polar surface area (TPSA) is 60.5 Å². The number of anilines is 1. The first-order valence-electron chi connectivity index (χ1n) is 10.1. The van der Waals surface area contributed by atoms with Crippen LogP contribution in [0.4, 0.5) is 5.13 Å². The lowest BCUT2D eigenvalue weighted by molar-refractivity contribution is -0.116. The van der Waals surface area contributed by atoms with E-state index in [0.29, 0.717) is 24.6 Å². The fourth-order valence-corrected chi connectivity index (χ4v) is 4.21. The van der Waals surface area contributed by atoms with Gasteiger partial charge in [0.15, 0.2) is 5.13 Å². The molecule has 2 aromatic carbocycles. The number of nitrogens with one attached hydrogen (secondary N) is 1. The summed E-state index contributed by atoms with van der Waals surface area (Å²) in [7, 11) is 1.63. The molecule has 5 nitrogen and oxygen atoms in total. The summed E-state index contributed by atoms with van der Waals surface area (Å²) < 4.78 is 12.1. The highest BCUT2D eigenvalue weighted by Crippen LogP contribution is 2.33. The molecule has 0 saturated carbocycles. The molecule has 1 N–H and O–H groups in total. The second-order valence-electron chi connectivity index (χ2n) is 8.13. The number of hydrogen-bond acceptors (Lipinski definition) is 5. The van der Waals surface area contributed by atoms with Gasteiger partial charge in [0.05, 0.1) is 23.9 Å². The molecule has 3 aromatic rings. The van der Waals surface area contributed by atoms with Crippen molar-refractivity contribution in [2.24, 2.45) is 0 Å².